The van der Waals surface area contributed by atoms with Gasteiger partial charge in [0.25, 0.3) is 0 Å². The molecule has 3 N–H and O–H groups in total. The van der Waals surface area contributed by atoms with Gasteiger partial charge in [-0.1, -0.05) is 32.0 Å². The zero-order chi connectivity index (χ0) is 19.3. The number of nitrogens with one attached hydrogen (secondary N) is 3. The number of anilines is 1. The van der Waals surface area contributed by atoms with Crippen molar-refractivity contribution in [2.45, 2.75) is 45.8 Å². The van der Waals surface area contributed by atoms with Crippen molar-refractivity contribution in [2.75, 3.05) is 44.8 Å². The minimum atomic E-state index is 0. The highest BCUT2D eigenvalue weighted by molar-refractivity contribution is 14.0. The van der Waals surface area contributed by atoms with E-state index in [9.17, 15) is 0 Å². The van der Waals surface area contributed by atoms with Crippen molar-refractivity contribution in [2.24, 2.45) is 10.9 Å². The maximum atomic E-state index is 5.81. The molecule has 1 fully saturated rings. The van der Waals surface area contributed by atoms with Gasteiger partial charge in [-0.2, -0.15) is 0 Å². The van der Waals surface area contributed by atoms with E-state index < -0.39 is 0 Å². The van der Waals surface area contributed by atoms with E-state index >= 15 is 0 Å². The summed E-state index contributed by atoms with van der Waals surface area (Å²) >= 11 is 0. The fourth-order valence-electron chi connectivity index (χ4n) is 2.88. The van der Waals surface area contributed by atoms with Gasteiger partial charge in [0.05, 0.1) is 19.3 Å². The molecule has 0 radical (unpaired) electrons. The van der Waals surface area contributed by atoms with Crippen molar-refractivity contribution in [3.8, 4) is 0 Å². The number of guanidine groups is 1. The summed E-state index contributed by atoms with van der Waals surface area (Å²) in [6, 6.07) is 10.6. The molecule has 2 atom stereocenters. The number of halogens is 1. The van der Waals surface area contributed by atoms with E-state index in [1.807, 2.05) is 18.2 Å². The number of hydrogen-bond acceptors (Lipinski definition) is 4. The largest absolute Gasteiger partial charge is 0.380 e. The smallest absolute Gasteiger partial charge is 0.191 e. The number of hydrogen-bond donors (Lipinski definition) is 3. The molecule has 1 aromatic rings. The Balaban J connectivity index is 0.00000392. The number of aliphatic imine (C=N–C) groups is 1. The van der Waals surface area contributed by atoms with Gasteiger partial charge in [-0.3, -0.25) is 4.99 Å². The minimum Gasteiger partial charge on any atom is -0.380 e. The zero-order valence-corrected chi connectivity index (χ0v) is 19.8. The monoisotopic (exact) mass is 504 g/mol. The molecule has 0 aromatic heterocycles. The molecule has 2 rings (SSSR count). The fraction of sp³-hybridized carbons (Fsp3) is 0.667. The van der Waals surface area contributed by atoms with Crippen LogP contribution in [0.1, 0.15) is 33.6 Å². The Labute approximate surface area is 187 Å². The van der Waals surface area contributed by atoms with Crippen LogP contribution >= 0.6 is 24.0 Å². The van der Waals surface area contributed by atoms with Gasteiger partial charge >= 0.3 is 0 Å². The summed E-state index contributed by atoms with van der Waals surface area (Å²) in [6.07, 6.45) is 2.25. The standard InChI is InChI=1S/C21H36N4O2.HI/c1-4-22-21(23-12-8-13-27-19-11-14-26-16-19)24-15-20(17(2)3)25-18-9-6-5-7-10-18;/h5-7,9-10,17,19-20,25H,4,8,11-16H2,1-3H3,(H2,22,23,24);1H. The lowest BCUT2D eigenvalue weighted by atomic mass is 10.0. The Hall–Kier alpha value is -1.06. The normalized spacial score (nSPS) is 17.9. The second kappa shape index (κ2) is 14.9. The molecule has 7 heteroatoms. The Morgan fingerprint density at radius 3 is 2.68 bits per heavy atom. The van der Waals surface area contributed by atoms with E-state index in [2.05, 4.69) is 48.9 Å². The topological polar surface area (TPSA) is 66.9 Å². The van der Waals surface area contributed by atoms with E-state index in [1.54, 1.807) is 0 Å². The van der Waals surface area contributed by atoms with Crippen LogP contribution in [-0.4, -0.2) is 57.6 Å². The first kappa shape index (κ1) is 25.0. The second-order valence-corrected chi connectivity index (χ2v) is 7.22. The van der Waals surface area contributed by atoms with Crippen molar-refractivity contribution in [3.63, 3.8) is 0 Å². The maximum absolute atomic E-state index is 5.81. The van der Waals surface area contributed by atoms with Gasteiger partial charge in [0.15, 0.2) is 5.96 Å². The average Bonchev–Trinajstić information content (AvgIpc) is 3.18. The SMILES string of the molecule is CCNC(=NCC(Nc1ccccc1)C(C)C)NCCCOC1CCOC1.I. The van der Waals surface area contributed by atoms with E-state index in [0.29, 0.717) is 5.92 Å². The van der Waals surface area contributed by atoms with Gasteiger partial charge < -0.3 is 25.4 Å². The summed E-state index contributed by atoms with van der Waals surface area (Å²) in [4.78, 5) is 4.78. The molecule has 0 amide bonds. The van der Waals surface area contributed by atoms with Crippen LogP contribution in [0.5, 0.6) is 0 Å². The van der Waals surface area contributed by atoms with Gasteiger partial charge in [0, 0.05) is 38.0 Å². The third-order valence-electron chi connectivity index (χ3n) is 4.58. The number of nitrogens with zero attached hydrogens (tertiary/aromatic N) is 1. The molecule has 28 heavy (non-hydrogen) atoms. The predicted molar refractivity (Wildman–Crippen MR) is 128 cm³/mol. The number of ether oxygens (including phenoxy) is 2. The third-order valence-corrected chi connectivity index (χ3v) is 4.58. The Kier molecular flexibility index (Phi) is 13.3. The Morgan fingerprint density at radius 1 is 1.25 bits per heavy atom. The minimum absolute atomic E-state index is 0. The molecule has 0 spiro atoms. The van der Waals surface area contributed by atoms with Gasteiger partial charge in [0.1, 0.15) is 0 Å². The van der Waals surface area contributed by atoms with E-state index in [-0.39, 0.29) is 36.1 Å². The lowest BCUT2D eigenvalue weighted by Gasteiger charge is -2.22. The predicted octanol–water partition coefficient (Wildman–Crippen LogP) is 3.49. The highest BCUT2D eigenvalue weighted by Crippen LogP contribution is 2.12. The first-order chi connectivity index (χ1) is 13.2. The van der Waals surface area contributed by atoms with Crippen LogP contribution in [0.3, 0.4) is 0 Å². The molecule has 6 nitrogen and oxygen atoms in total. The fourth-order valence-corrected chi connectivity index (χ4v) is 2.88. The summed E-state index contributed by atoms with van der Waals surface area (Å²) in [5.41, 5.74) is 1.14. The zero-order valence-electron chi connectivity index (χ0n) is 17.4. The molecular weight excluding hydrogens is 467 g/mol. The summed E-state index contributed by atoms with van der Waals surface area (Å²) in [5.74, 6) is 1.35. The highest BCUT2D eigenvalue weighted by Gasteiger charge is 2.15. The number of rotatable bonds is 11. The molecule has 1 aromatic carbocycles. The van der Waals surface area contributed by atoms with Crippen LogP contribution in [0.4, 0.5) is 5.69 Å². The molecule has 160 valence electrons. The van der Waals surface area contributed by atoms with E-state index in [4.69, 9.17) is 14.5 Å². The summed E-state index contributed by atoms with van der Waals surface area (Å²) in [7, 11) is 0. The van der Waals surface area contributed by atoms with Crippen molar-refractivity contribution in [1.29, 1.82) is 0 Å². The molecule has 1 aliphatic rings. The maximum Gasteiger partial charge on any atom is 0.191 e. The molecule has 1 aliphatic heterocycles. The van der Waals surface area contributed by atoms with Crippen LogP contribution in [0.25, 0.3) is 0 Å². The van der Waals surface area contributed by atoms with Gasteiger partial charge in [0.2, 0.25) is 0 Å². The second-order valence-electron chi connectivity index (χ2n) is 7.22. The Bertz CT molecular complexity index is 536. The molecule has 1 saturated heterocycles. The highest BCUT2D eigenvalue weighted by atomic mass is 127. The van der Waals surface area contributed by atoms with Crippen molar-refractivity contribution < 1.29 is 9.47 Å². The lowest BCUT2D eigenvalue weighted by molar-refractivity contribution is 0.0420. The Morgan fingerprint density at radius 2 is 2.04 bits per heavy atom. The summed E-state index contributed by atoms with van der Waals surface area (Å²) in [5, 5.41) is 10.3. The van der Waals surface area contributed by atoms with Gasteiger partial charge in [-0.15, -0.1) is 24.0 Å². The molecule has 2 unspecified atom stereocenters. The van der Waals surface area contributed by atoms with Crippen molar-refractivity contribution >= 4 is 35.6 Å². The molecule has 0 aliphatic carbocycles. The van der Waals surface area contributed by atoms with Crippen LogP contribution in [-0.2, 0) is 9.47 Å². The van der Waals surface area contributed by atoms with E-state index in [1.165, 1.54) is 0 Å². The molecule has 0 saturated carbocycles. The van der Waals surface area contributed by atoms with Crippen molar-refractivity contribution in [3.05, 3.63) is 30.3 Å². The summed E-state index contributed by atoms with van der Waals surface area (Å²) in [6.45, 7) is 11.3. The van der Waals surface area contributed by atoms with Crippen LogP contribution < -0.4 is 16.0 Å². The third kappa shape index (κ3) is 9.93. The number of benzene rings is 1. The van der Waals surface area contributed by atoms with Gasteiger partial charge in [-0.05, 0) is 37.8 Å². The lowest BCUT2D eigenvalue weighted by Crippen LogP contribution is -2.39. The van der Waals surface area contributed by atoms with E-state index in [0.717, 1.165) is 63.9 Å². The van der Waals surface area contributed by atoms with Crippen LogP contribution in [0.15, 0.2) is 35.3 Å². The first-order valence-corrected chi connectivity index (χ1v) is 10.2. The van der Waals surface area contributed by atoms with Crippen molar-refractivity contribution in [1.82, 2.24) is 10.6 Å². The first-order valence-electron chi connectivity index (χ1n) is 10.2. The number of para-hydroxylation sites is 1. The summed E-state index contributed by atoms with van der Waals surface area (Å²) < 4.78 is 11.1. The molecular formula is C21H37IN4O2. The van der Waals surface area contributed by atoms with Crippen LogP contribution in [0.2, 0.25) is 0 Å². The van der Waals surface area contributed by atoms with Crippen LogP contribution in [0, 0.1) is 5.92 Å². The van der Waals surface area contributed by atoms with Gasteiger partial charge in [-0.25, -0.2) is 0 Å². The molecule has 0 bridgehead atoms. The average molecular weight is 504 g/mol. The quantitative estimate of drug-likeness (QED) is 0.186. The molecule has 1 heterocycles.